The number of benzene rings is 3. The highest BCUT2D eigenvalue weighted by molar-refractivity contribution is 7.89. The SMILES string of the molecule is COc1ccc(C)cc1NC(=O)c1ccc(CN(C)S(=O)(=O)c2ccccc2)cc1. The quantitative estimate of drug-likeness (QED) is 0.620. The predicted octanol–water partition coefficient (Wildman–Crippen LogP) is 4.08. The van der Waals surface area contributed by atoms with E-state index in [1.54, 1.807) is 67.8 Å². The minimum absolute atomic E-state index is 0.199. The summed E-state index contributed by atoms with van der Waals surface area (Å²) >= 11 is 0. The van der Waals surface area contributed by atoms with Gasteiger partial charge in [0.1, 0.15) is 5.75 Å². The van der Waals surface area contributed by atoms with Crippen molar-refractivity contribution in [2.45, 2.75) is 18.4 Å². The lowest BCUT2D eigenvalue weighted by Gasteiger charge is -2.17. The molecule has 0 aliphatic heterocycles. The van der Waals surface area contributed by atoms with Crippen molar-refractivity contribution < 1.29 is 17.9 Å². The molecule has 0 aromatic heterocycles. The van der Waals surface area contributed by atoms with Gasteiger partial charge in [0.2, 0.25) is 10.0 Å². The van der Waals surface area contributed by atoms with Crippen LogP contribution in [0.4, 0.5) is 5.69 Å². The maximum absolute atomic E-state index is 12.7. The van der Waals surface area contributed by atoms with Crippen molar-refractivity contribution in [1.82, 2.24) is 4.31 Å². The molecule has 0 atom stereocenters. The first kappa shape index (κ1) is 21.5. The molecule has 0 unspecified atom stereocenters. The molecule has 1 N–H and O–H groups in total. The standard InChI is InChI=1S/C23H24N2O4S/c1-17-9-14-22(29-3)21(15-17)24-23(26)19-12-10-18(11-13-19)16-25(2)30(27,28)20-7-5-4-6-8-20/h4-15H,16H2,1-3H3,(H,24,26). The van der Waals surface area contributed by atoms with Crippen LogP contribution in [-0.2, 0) is 16.6 Å². The molecule has 0 saturated carbocycles. The molecule has 0 fully saturated rings. The maximum Gasteiger partial charge on any atom is 0.255 e. The number of anilines is 1. The van der Waals surface area contributed by atoms with E-state index >= 15 is 0 Å². The predicted molar refractivity (Wildman–Crippen MR) is 117 cm³/mol. The van der Waals surface area contributed by atoms with Gasteiger partial charge in [-0.1, -0.05) is 36.4 Å². The Morgan fingerprint density at radius 2 is 1.67 bits per heavy atom. The van der Waals surface area contributed by atoms with E-state index in [0.29, 0.717) is 17.0 Å². The molecule has 0 bridgehead atoms. The Hall–Kier alpha value is -3.16. The summed E-state index contributed by atoms with van der Waals surface area (Å²) in [5.41, 5.74) is 2.85. The number of methoxy groups -OCH3 is 1. The van der Waals surface area contributed by atoms with E-state index in [1.165, 1.54) is 11.4 Å². The maximum atomic E-state index is 12.7. The van der Waals surface area contributed by atoms with Crippen molar-refractivity contribution in [1.29, 1.82) is 0 Å². The van der Waals surface area contributed by atoms with Gasteiger partial charge in [-0.05, 0) is 54.4 Å². The third kappa shape index (κ3) is 4.87. The summed E-state index contributed by atoms with van der Waals surface area (Å²) < 4.78 is 31.9. The van der Waals surface area contributed by atoms with E-state index in [1.807, 2.05) is 19.1 Å². The molecule has 0 spiro atoms. The number of carbonyl (C=O) groups excluding carboxylic acids is 1. The first-order valence-electron chi connectivity index (χ1n) is 9.37. The Bertz CT molecular complexity index is 1130. The van der Waals surface area contributed by atoms with Crippen molar-refractivity contribution in [3.05, 3.63) is 89.5 Å². The van der Waals surface area contributed by atoms with Gasteiger partial charge in [0, 0.05) is 19.2 Å². The topological polar surface area (TPSA) is 75.7 Å². The van der Waals surface area contributed by atoms with Gasteiger partial charge >= 0.3 is 0 Å². The molecule has 7 heteroatoms. The highest BCUT2D eigenvalue weighted by Gasteiger charge is 2.20. The molecule has 0 aliphatic rings. The van der Waals surface area contributed by atoms with E-state index in [0.717, 1.165) is 11.1 Å². The molecule has 0 aliphatic carbocycles. The lowest BCUT2D eigenvalue weighted by Crippen LogP contribution is -2.26. The molecule has 3 aromatic carbocycles. The van der Waals surface area contributed by atoms with Crippen LogP contribution in [0.15, 0.2) is 77.7 Å². The Morgan fingerprint density at radius 1 is 1.00 bits per heavy atom. The van der Waals surface area contributed by atoms with Gasteiger partial charge < -0.3 is 10.1 Å². The normalized spacial score (nSPS) is 11.3. The van der Waals surface area contributed by atoms with E-state index in [2.05, 4.69) is 5.32 Å². The second kappa shape index (κ2) is 9.11. The molecule has 1 amide bonds. The summed E-state index contributed by atoms with van der Waals surface area (Å²) in [4.78, 5) is 12.8. The fraction of sp³-hybridized carbons (Fsp3) is 0.174. The summed E-state index contributed by atoms with van der Waals surface area (Å²) in [5.74, 6) is 0.314. The van der Waals surface area contributed by atoms with E-state index in [4.69, 9.17) is 4.74 Å². The van der Waals surface area contributed by atoms with E-state index in [-0.39, 0.29) is 17.3 Å². The minimum atomic E-state index is -3.58. The number of amides is 1. The summed E-state index contributed by atoms with van der Waals surface area (Å²) in [6, 6.07) is 20.7. The molecular weight excluding hydrogens is 400 g/mol. The fourth-order valence-electron chi connectivity index (χ4n) is 2.99. The van der Waals surface area contributed by atoms with Crippen LogP contribution >= 0.6 is 0 Å². The van der Waals surface area contributed by atoms with Gasteiger partial charge in [0.15, 0.2) is 0 Å². The van der Waals surface area contributed by atoms with Crippen molar-refractivity contribution >= 4 is 21.6 Å². The van der Waals surface area contributed by atoms with Gasteiger partial charge in [0.25, 0.3) is 5.91 Å². The summed E-state index contributed by atoms with van der Waals surface area (Å²) in [5, 5.41) is 2.85. The molecule has 3 rings (SSSR count). The number of sulfonamides is 1. The average molecular weight is 425 g/mol. The Labute approximate surface area is 177 Å². The van der Waals surface area contributed by atoms with Crippen LogP contribution in [0.5, 0.6) is 5.75 Å². The van der Waals surface area contributed by atoms with Gasteiger partial charge in [-0.15, -0.1) is 0 Å². The fourth-order valence-corrected chi connectivity index (χ4v) is 4.17. The van der Waals surface area contributed by atoms with Gasteiger partial charge in [-0.3, -0.25) is 4.79 Å². The van der Waals surface area contributed by atoms with Crippen molar-refractivity contribution in [3.63, 3.8) is 0 Å². The number of aryl methyl sites for hydroxylation is 1. The number of ether oxygens (including phenoxy) is 1. The molecule has 3 aromatic rings. The second-order valence-corrected chi connectivity index (χ2v) is 8.97. The smallest absolute Gasteiger partial charge is 0.255 e. The van der Waals surface area contributed by atoms with Crippen LogP contribution in [0.2, 0.25) is 0 Å². The molecule has 0 radical (unpaired) electrons. The van der Waals surface area contributed by atoms with Gasteiger partial charge in [0.05, 0.1) is 17.7 Å². The first-order chi connectivity index (χ1) is 14.3. The Morgan fingerprint density at radius 3 is 2.30 bits per heavy atom. The number of nitrogens with zero attached hydrogens (tertiary/aromatic N) is 1. The van der Waals surface area contributed by atoms with Crippen molar-refractivity contribution in [2.24, 2.45) is 0 Å². The summed E-state index contributed by atoms with van der Waals surface area (Å²) in [6.45, 7) is 2.13. The largest absolute Gasteiger partial charge is 0.495 e. The van der Waals surface area contributed by atoms with Crippen molar-refractivity contribution in [2.75, 3.05) is 19.5 Å². The van der Waals surface area contributed by atoms with Crippen LogP contribution in [-0.4, -0.2) is 32.8 Å². The molecule has 30 heavy (non-hydrogen) atoms. The van der Waals surface area contributed by atoms with Crippen LogP contribution in [0.3, 0.4) is 0 Å². The van der Waals surface area contributed by atoms with Crippen LogP contribution < -0.4 is 10.1 Å². The van der Waals surface area contributed by atoms with Gasteiger partial charge in [-0.2, -0.15) is 4.31 Å². The molecular formula is C23H24N2O4S. The Balaban J connectivity index is 1.71. The minimum Gasteiger partial charge on any atom is -0.495 e. The lowest BCUT2D eigenvalue weighted by atomic mass is 10.1. The number of hydrogen-bond acceptors (Lipinski definition) is 4. The summed E-state index contributed by atoms with van der Waals surface area (Å²) in [7, 11) is -0.491. The third-order valence-corrected chi connectivity index (χ3v) is 6.49. The Kier molecular flexibility index (Phi) is 6.54. The first-order valence-corrected chi connectivity index (χ1v) is 10.8. The molecule has 0 saturated heterocycles. The molecule has 0 heterocycles. The van der Waals surface area contributed by atoms with Gasteiger partial charge in [-0.25, -0.2) is 8.42 Å². The summed E-state index contributed by atoms with van der Waals surface area (Å²) in [6.07, 6.45) is 0. The van der Waals surface area contributed by atoms with E-state index < -0.39 is 10.0 Å². The zero-order valence-corrected chi connectivity index (χ0v) is 17.9. The van der Waals surface area contributed by atoms with E-state index in [9.17, 15) is 13.2 Å². The molecule has 6 nitrogen and oxygen atoms in total. The average Bonchev–Trinajstić information content (AvgIpc) is 2.75. The number of nitrogens with one attached hydrogen (secondary N) is 1. The van der Waals surface area contributed by atoms with Crippen LogP contribution in [0.25, 0.3) is 0 Å². The number of carbonyl (C=O) groups is 1. The zero-order valence-electron chi connectivity index (χ0n) is 17.1. The number of rotatable bonds is 7. The van der Waals surface area contributed by atoms with Crippen LogP contribution in [0.1, 0.15) is 21.5 Å². The lowest BCUT2D eigenvalue weighted by molar-refractivity contribution is 0.102. The monoisotopic (exact) mass is 424 g/mol. The zero-order chi connectivity index (χ0) is 21.7. The van der Waals surface area contributed by atoms with Crippen LogP contribution in [0, 0.1) is 6.92 Å². The second-order valence-electron chi connectivity index (χ2n) is 6.93. The third-order valence-electron chi connectivity index (χ3n) is 4.68. The highest BCUT2D eigenvalue weighted by atomic mass is 32.2. The molecule has 156 valence electrons. The number of hydrogen-bond donors (Lipinski definition) is 1. The van der Waals surface area contributed by atoms with Crippen molar-refractivity contribution in [3.8, 4) is 5.75 Å². The highest BCUT2D eigenvalue weighted by Crippen LogP contribution is 2.26.